The average Bonchev–Trinajstić information content (AvgIpc) is 2.18. The lowest BCUT2D eigenvalue weighted by atomic mass is 9.74. The number of carbonyl (C=O) groups excluding carboxylic acids is 1. The third-order valence-electron chi connectivity index (χ3n) is 2.94. The fourth-order valence-corrected chi connectivity index (χ4v) is 2.11. The lowest BCUT2D eigenvalue weighted by molar-refractivity contribution is 0.0370. The highest BCUT2D eigenvalue weighted by molar-refractivity contribution is 5.68. The largest absolute Gasteiger partial charge is 0.444 e. The van der Waals surface area contributed by atoms with Gasteiger partial charge in [-0.15, -0.1) is 0 Å². The summed E-state index contributed by atoms with van der Waals surface area (Å²) in [6.45, 7) is 11.3. The maximum Gasteiger partial charge on any atom is 0.407 e. The third-order valence-corrected chi connectivity index (χ3v) is 2.94. The molecule has 0 aliphatic carbocycles. The monoisotopic (exact) mass is 275 g/mol. The van der Waals surface area contributed by atoms with Crippen LogP contribution in [0, 0.1) is 11.3 Å². The fraction of sp³-hybridized carbons (Fsp3) is 0.929. The number of alkyl carbamates (subject to hydrolysis) is 1. The van der Waals surface area contributed by atoms with E-state index < -0.39 is 17.7 Å². The molecule has 1 amide bonds. The van der Waals surface area contributed by atoms with Crippen molar-refractivity contribution in [2.75, 3.05) is 13.2 Å². The van der Waals surface area contributed by atoms with E-state index in [0.717, 1.165) is 0 Å². The van der Waals surface area contributed by atoms with Gasteiger partial charge in [0.2, 0.25) is 0 Å². The number of carbonyl (C=O) groups is 1. The van der Waals surface area contributed by atoms with Crippen LogP contribution in [-0.2, 0) is 4.74 Å². The van der Waals surface area contributed by atoms with Crippen molar-refractivity contribution in [3.63, 3.8) is 0 Å². The molecule has 114 valence electrons. The Balaban J connectivity index is 4.74. The van der Waals surface area contributed by atoms with Gasteiger partial charge in [0.15, 0.2) is 0 Å². The van der Waals surface area contributed by atoms with E-state index in [4.69, 9.17) is 9.84 Å². The molecule has 5 heteroatoms. The second kappa shape index (κ2) is 7.10. The van der Waals surface area contributed by atoms with Crippen molar-refractivity contribution in [1.82, 2.24) is 5.32 Å². The van der Waals surface area contributed by atoms with Crippen LogP contribution in [0.2, 0.25) is 0 Å². The molecule has 0 unspecified atom stereocenters. The lowest BCUT2D eigenvalue weighted by Crippen LogP contribution is -2.49. The SMILES string of the molecule is CC(C)(C)OC(=O)N[C@@H](CO)[C@@H](CCO)C(C)(C)C. The Morgan fingerprint density at radius 2 is 1.68 bits per heavy atom. The molecule has 0 radical (unpaired) electrons. The van der Waals surface area contributed by atoms with Crippen LogP contribution in [0.15, 0.2) is 0 Å². The molecular formula is C14H29NO4. The minimum Gasteiger partial charge on any atom is -0.444 e. The molecule has 0 fully saturated rings. The van der Waals surface area contributed by atoms with E-state index >= 15 is 0 Å². The predicted octanol–water partition coefficient (Wildman–Crippen LogP) is 1.92. The zero-order valence-electron chi connectivity index (χ0n) is 13.0. The molecule has 2 atom stereocenters. The number of aliphatic hydroxyl groups is 2. The minimum absolute atomic E-state index is 0.0223. The van der Waals surface area contributed by atoms with Crippen molar-refractivity contribution in [2.24, 2.45) is 11.3 Å². The first-order chi connectivity index (χ1) is 8.51. The lowest BCUT2D eigenvalue weighted by Gasteiger charge is -2.36. The molecule has 0 aliphatic heterocycles. The summed E-state index contributed by atoms with van der Waals surface area (Å²) in [4.78, 5) is 11.8. The Morgan fingerprint density at radius 3 is 2.00 bits per heavy atom. The summed E-state index contributed by atoms with van der Waals surface area (Å²) in [6.07, 6.45) is -0.0245. The van der Waals surface area contributed by atoms with Crippen LogP contribution < -0.4 is 5.32 Å². The smallest absolute Gasteiger partial charge is 0.407 e. The van der Waals surface area contributed by atoms with Gasteiger partial charge in [-0.05, 0) is 38.5 Å². The quantitative estimate of drug-likeness (QED) is 0.716. The summed E-state index contributed by atoms with van der Waals surface area (Å²) in [5, 5.41) is 21.3. The molecule has 0 rings (SSSR count). The third kappa shape index (κ3) is 7.38. The van der Waals surface area contributed by atoms with Crippen molar-refractivity contribution in [3.8, 4) is 0 Å². The highest BCUT2D eigenvalue weighted by Crippen LogP contribution is 2.31. The zero-order chi connectivity index (χ0) is 15.3. The van der Waals surface area contributed by atoms with Gasteiger partial charge in [0.1, 0.15) is 5.60 Å². The number of ether oxygens (including phenoxy) is 1. The Kier molecular flexibility index (Phi) is 6.80. The molecule has 0 bridgehead atoms. The van der Waals surface area contributed by atoms with E-state index in [-0.39, 0.29) is 24.5 Å². The van der Waals surface area contributed by atoms with Crippen molar-refractivity contribution in [3.05, 3.63) is 0 Å². The van der Waals surface area contributed by atoms with Crippen LogP contribution in [0.5, 0.6) is 0 Å². The van der Waals surface area contributed by atoms with Gasteiger partial charge in [-0.25, -0.2) is 4.79 Å². The van der Waals surface area contributed by atoms with E-state index in [1.807, 2.05) is 20.8 Å². The molecule has 0 heterocycles. The fourth-order valence-electron chi connectivity index (χ4n) is 2.11. The Morgan fingerprint density at radius 1 is 1.16 bits per heavy atom. The Hall–Kier alpha value is -0.810. The molecule has 0 saturated carbocycles. The standard InChI is InChI=1S/C14H29NO4/c1-13(2,3)10(7-8-16)11(9-17)15-12(18)19-14(4,5)6/h10-11,16-17H,7-9H2,1-6H3,(H,15,18)/t10-,11+/m1/s1. The summed E-state index contributed by atoms with van der Waals surface area (Å²) in [5.74, 6) is -0.0324. The van der Waals surface area contributed by atoms with E-state index in [1.165, 1.54) is 0 Å². The zero-order valence-corrected chi connectivity index (χ0v) is 13.0. The van der Waals surface area contributed by atoms with E-state index in [9.17, 15) is 9.90 Å². The van der Waals surface area contributed by atoms with E-state index in [2.05, 4.69) is 5.32 Å². The predicted molar refractivity (Wildman–Crippen MR) is 74.9 cm³/mol. The Bertz CT molecular complexity index is 278. The van der Waals surface area contributed by atoms with Crippen LogP contribution >= 0.6 is 0 Å². The van der Waals surface area contributed by atoms with Crippen LogP contribution in [-0.4, -0.2) is 41.2 Å². The molecule has 0 aromatic heterocycles. The molecule has 0 spiro atoms. The van der Waals surface area contributed by atoms with Crippen molar-refractivity contribution < 1.29 is 19.7 Å². The first-order valence-electron chi connectivity index (χ1n) is 6.72. The summed E-state index contributed by atoms with van der Waals surface area (Å²) >= 11 is 0. The van der Waals surface area contributed by atoms with Crippen LogP contribution in [0.4, 0.5) is 4.79 Å². The van der Waals surface area contributed by atoms with Crippen molar-refractivity contribution >= 4 is 6.09 Å². The first kappa shape index (κ1) is 18.2. The molecular weight excluding hydrogens is 246 g/mol. The first-order valence-corrected chi connectivity index (χ1v) is 6.72. The van der Waals surface area contributed by atoms with E-state index in [1.54, 1.807) is 20.8 Å². The number of nitrogens with one attached hydrogen (secondary N) is 1. The summed E-state index contributed by atoms with van der Waals surface area (Å²) in [7, 11) is 0. The molecule has 3 N–H and O–H groups in total. The Labute approximate surface area is 116 Å². The van der Waals surface area contributed by atoms with Gasteiger partial charge in [0.05, 0.1) is 12.6 Å². The molecule has 19 heavy (non-hydrogen) atoms. The molecule has 0 aliphatic rings. The second-order valence-corrected chi connectivity index (χ2v) is 6.92. The maximum atomic E-state index is 11.8. The van der Waals surface area contributed by atoms with Gasteiger partial charge in [0.25, 0.3) is 0 Å². The van der Waals surface area contributed by atoms with Crippen molar-refractivity contribution in [1.29, 1.82) is 0 Å². The van der Waals surface area contributed by atoms with Gasteiger partial charge in [0, 0.05) is 6.61 Å². The van der Waals surface area contributed by atoms with Crippen molar-refractivity contribution in [2.45, 2.75) is 59.6 Å². The van der Waals surface area contributed by atoms with Gasteiger partial charge in [-0.1, -0.05) is 20.8 Å². The highest BCUT2D eigenvalue weighted by Gasteiger charge is 2.33. The summed E-state index contributed by atoms with van der Waals surface area (Å²) in [6, 6.07) is -0.429. The number of aliphatic hydroxyl groups excluding tert-OH is 2. The maximum absolute atomic E-state index is 11.8. The summed E-state index contributed by atoms with van der Waals surface area (Å²) < 4.78 is 5.19. The average molecular weight is 275 g/mol. The topological polar surface area (TPSA) is 78.8 Å². The molecule has 0 aromatic rings. The highest BCUT2D eigenvalue weighted by atomic mass is 16.6. The van der Waals surface area contributed by atoms with Crippen LogP contribution in [0.25, 0.3) is 0 Å². The summed E-state index contributed by atoms with van der Waals surface area (Å²) in [5.41, 5.74) is -0.705. The molecule has 5 nitrogen and oxygen atoms in total. The molecule has 0 saturated heterocycles. The number of amides is 1. The number of hydrogen-bond acceptors (Lipinski definition) is 4. The van der Waals surface area contributed by atoms with Crippen LogP contribution in [0.1, 0.15) is 48.0 Å². The van der Waals surface area contributed by atoms with Gasteiger partial charge in [-0.3, -0.25) is 0 Å². The van der Waals surface area contributed by atoms with Gasteiger partial charge in [-0.2, -0.15) is 0 Å². The second-order valence-electron chi connectivity index (χ2n) is 6.92. The van der Waals surface area contributed by atoms with Gasteiger partial charge < -0.3 is 20.3 Å². The van der Waals surface area contributed by atoms with Crippen LogP contribution in [0.3, 0.4) is 0 Å². The minimum atomic E-state index is -0.571. The number of rotatable bonds is 5. The van der Waals surface area contributed by atoms with Gasteiger partial charge >= 0.3 is 6.09 Å². The normalized spacial score (nSPS) is 15.8. The number of hydrogen-bond donors (Lipinski definition) is 3. The molecule has 0 aromatic carbocycles. The van der Waals surface area contributed by atoms with E-state index in [0.29, 0.717) is 6.42 Å².